The van der Waals surface area contributed by atoms with Gasteiger partial charge in [-0.15, -0.1) is 0 Å². The summed E-state index contributed by atoms with van der Waals surface area (Å²) in [4.78, 5) is 40.6. The van der Waals surface area contributed by atoms with Gasteiger partial charge < -0.3 is 20.6 Å². The Morgan fingerprint density at radius 2 is 1.89 bits per heavy atom. The number of carbonyl (C=O) groups is 3. The molecule has 0 radical (unpaired) electrons. The van der Waals surface area contributed by atoms with E-state index in [1.54, 1.807) is 11.9 Å². The average Bonchev–Trinajstić information content (AvgIpc) is 2.98. The largest absolute Gasteiger partial charge is 0.396 e. The van der Waals surface area contributed by atoms with Crippen molar-refractivity contribution < 1.29 is 19.5 Å². The molecule has 3 rings (SSSR count). The Labute approximate surface area is 166 Å². The highest BCUT2D eigenvalue weighted by Gasteiger charge is 2.56. The standard InChI is InChI=1S/C21H33N3O4/c1-13-9-10-15-17(16(13)19(26)22-2)21(28)24(11-6-12-25)18(15)20(27)23-14-7-4-3-5-8-14/h9-10,13-18,25H,3-8,11-12H2,1-2H3,(H,22,26)(H,23,27)/t13-,15+,16-,17+,18+/m1/s1. The van der Waals surface area contributed by atoms with Gasteiger partial charge in [0, 0.05) is 32.2 Å². The molecule has 1 saturated carbocycles. The smallest absolute Gasteiger partial charge is 0.243 e. The van der Waals surface area contributed by atoms with Crippen molar-refractivity contribution in [1.29, 1.82) is 0 Å². The average molecular weight is 392 g/mol. The van der Waals surface area contributed by atoms with Gasteiger partial charge in [0.15, 0.2) is 0 Å². The molecular weight excluding hydrogens is 358 g/mol. The van der Waals surface area contributed by atoms with Crippen LogP contribution in [0.15, 0.2) is 12.2 Å². The number of aliphatic hydroxyl groups is 1. The van der Waals surface area contributed by atoms with Gasteiger partial charge in [-0.3, -0.25) is 14.4 Å². The molecule has 7 nitrogen and oxygen atoms in total. The van der Waals surface area contributed by atoms with Gasteiger partial charge in [0.2, 0.25) is 17.7 Å². The summed E-state index contributed by atoms with van der Waals surface area (Å²) >= 11 is 0. The number of hydrogen-bond donors (Lipinski definition) is 3. The Balaban J connectivity index is 1.87. The van der Waals surface area contributed by atoms with Crippen LogP contribution in [-0.2, 0) is 14.4 Å². The molecule has 2 aliphatic carbocycles. The van der Waals surface area contributed by atoms with Crippen molar-refractivity contribution in [1.82, 2.24) is 15.5 Å². The lowest BCUT2D eigenvalue weighted by Crippen LogP contribution is -2.50. The maximum Gasteiger partial charge on any atom is 0.243 e. The van der Waals surface area contributed by atoms with E-state index in [4.69, 9.17) is 0 Å². The molecule has 156 valence electrons. The highest BCUT2D eigenvalue weighted by atomic mass is 16.3. The van der Waals surface area contributed by atoms with Crippen molar-refractivity contribution in [2.75, 3.05) is 20.2 Å². The molecule has 3 N–H and O–H groups in total. The van der Waals surface area contributed by atoms with E-state index >= 15 is 0 Å². The van der Waals surface area contributed by atoms with Crippen LogP contribution in [0.4, 0.5) is 0 Å². The van der Waals surface area contributed by atoms with Gasteiger partial charge in [0.05, 0.1) is 11.8 Å². The molecule has 1 saturated heterocycles. The quantitative estimate of drug-likeness (QED) is 0.584. The summed E-state index contributed by atoms with van der Waals surface area (Å²) in [6.07, 6.45) is 9.73. The number of allylic oxidation sites excluding steroid dienone is 1. The Kier molecular flexibility index (Phi) is 6.75. The van der Waals surface area contributed by atoms with E-state index in [1.807, 2.05) is 19.1 Å². The van der Waals surface area contributed by atoms with Gasteiger partial charge in [-0.2, -0.15) is 0 Å². The van der Waals surface area contributed by atoms with Crippen LogP contribution in [0.2, 0.25) is 0 Å². The predicted octanol–water partition coefficient (Wildman–Crippen LogP) is 0.829. The van der Waals surface area contributed by atoms with Gasteiger partial charge in [0.25, 0.3) is 0 Å². The summed E-state index contributed by atoms with van der Waals surface area (Å²) in [5, 5.41) is 15.1. The Bertz CT molecular complexity index is 629. The van der Waals surface area contributed by atoms with E-state index < -0.39 is 17.9 Å². The monoisotopic (exact) mass is 391 g/mol. The maximum atomic E-state index is 13.3. The van der Waals surface area contributed by atoms with Gasteiger partial charge in [-0.1, -0.05) is 38.3 Å². The number of nitrogens with zero attached hydrogens (tertiary/aromatic N) is 1. The van der Waals surface area contributed by atoms with Crippen LogP contribution in [0, 0.1) is 23.7 Å². The van der Waals surface area contributed by atoms with Crippen LogP contribution in [0.3, 0.4) is 0 Å². The molecule has 5 atom stereocenters. The number of hydrogen-bond acceptors (Lipinski definition) is 4. The minimum atomic E-state index is -0.609. The SMILES string of the molecule is CNC(=O)[C@H]1[C@H]2C(=O)N(CCCO)[C@H](C(=O)NC3CCCCC3)[C@H]2C=C[C@H]1C. The van der Waals surface area contributed by atoms with Crippen LogP contribution in [0.5, 0.6) is 0 Å². The van der Waals surface area contributed by atoms with E-state index in [1.165, 1.54) is 6.42 Å². The minimum Gasteiger partial charge on any atom is -0.396 e. The number of likely N-dealkylation sites (tertiary alicyclic amines) is 1. The van der Waals surface area contributed by atoms with Crippen molar-refractivity contribution in [2.24, 2.45) is 23.7 Å². The first-order valence-corrected chi connectivity index (χ1v) is 10.6. The van der Waals surface area contributed by atoms with Crippen LogP contribution in [-0.4, -0.2) is 60.0 Å². The number of carbonyl (C=O) groups excluding carboxylic acids is 3. The number of amides is 3. The molecule has 2 fully saturated rings. The lowest BCUT2D eigenvalue weighted by Gasteiger charge is -2.33. The van der Waals surface area contributed by atoms with Gasteiger partial charge in [-0.05, 0) is 25.2 Å². The van der Waals surface area contributed by atoms with Gasteiger partial charge in [-0.25, -0.2) is 0 Å². The minimum absolute atomic E-state index is 0.0405. The molecule has 1 aliphatic heterocycles. The third-order valence-electron chi connectivity index (χ3n) is 6.60. The summed E-state index contributed by atoms with van der Waals surface area (Å²) < 4.78 is 0. The number of nitrogens with one attached hydrogen (secondary N) is 2. The third-order valence-corrected chi connectivity index (χ3v) is 6.60. The molecule has 1 heterocycles. The molecule has 0 aromatic rings. The van der Waals surface area contributed by atoms with E-state index in [0.717, 1.165) is 25.7 Å². The predicted molar refractivity (Wildman–Crippen MR) is 105 cm³/mol. The van der Waals surface area contributed by atoms with E-state index in [-0.39, 0.29) is 42.2 Å². The van der Waals surface area contributed by atoms with Gasteiger partial charge >= 0.3 is 0 Å². The lowest BCUT2D eigenvalue weighted by atomic mass is 9.70. The topological polar surface area (TPSA) is 98.7 Å². The number of fused-ring (bicyclic) bond motifs is 1. The van der Waals surface area contributed by atoms with Crippen LogP contribution in [0.25, 0.3) is 0 Å². The second kappa shape index (κ2) is 9.07. The maximum absolute atomic E-state index is 13.3. The summed E-state index contributed by atoms with van der Waals surface area (Å²) in [5.41, 5.74) is 0. The Morgan fingerprint density at radius 3 is 2.54 bits per heavy atom. The molecule has 0 bridgehead atoms. The highest BCUT2D eigenvalue weighted by molar-refractivity contribution is 5.96. The molecular formula is C21H33N3O4. The molecule has 0 aromatic carbocycles. The van der Waals surface area contributed by atoms with Crippen molar-refractivity contribution in [3.8, 4) is 0 Å². The molecule has 7 heteroatoms. The molecule has 0 aromatic heterocycles. The third kappa shape index (κ3) is 3.95. The highest BCUT2D eigenvalue weighted by Crippen LogP contribution is 2.44. The van der Waals surface area contributed by atoms with Gasteiger partial charge in [0.1, 0.15) is 6.04 Å². The summed E-state index contributed by atoms with van der Waals surface area (Å²) in [5.74, 6) is -1.81. The molecule has 0 unspecified atom stereocenters. The van der Waals surface area contributed by atoms with Crippen LogP contribution in [0.1, 0.15) is 45.4 Å². The van der Waals surface area contributed by atoms with E-state index in [2.05, 4.69) is 10.6 Å². The lowest BCUT2D eigenvalue weighted by molar-refractivity contribution is -0.140. The van der Waals surface area contributed by atoms with Crippen molar-refractivity contribution >= 4 is 17.7 Å². The second-order valence-corrected chi connectivity index (χ2v) is 8.38. The molecule has 28 heavy (non-hydrogen) atoms. The zero-order chi connectivity index (χ0) is 20.3. The van der Waals surface area contributed by atoms with Crippen molar-refractivity contribution in [3.63, 3.8) is 0 Å². The fourth-order valence-electron chi connectivity index (χ4n) is 5.17. The number of rotatable bonds is 6. The van der Waals surface area contributed by atoms with E-state index in [0.29, 0.717) is 13.0 Å². The normalized spacial score (nSPS) is 32.9. The molecule has 3 aliphatic rings. The summed E-state index contributed by atoms with van der Waals surface area (Å²) in [6, 6.07) is -0.446. The second-order valence-electron chi connectivity index (χ2n) is 8.38. The van der Waals surface area contributed by atoms with Crippen LogP contribution >= 0.6 is 0 Å². The number of aliphatic hydroxyl groups excluding tert-OH is 1. The van der Waals surface area contributed by atoms with E-state index in [9.17, 15) is 19.5 Å². The van der Waals surface area contributed by atoms with Crippen LogP contribution < -0.4 is 10.6 Å². The zero-order valence-electron chi connectivity index (χ0n) is 16.9. The summed E-state index contributed by atoms with van der Waals surface area (Å²) in [6.45, 7) is 2.22. The fraction of sp³-hybridized carbons (Fsp3) is 0.762. The summed E-state index contributed by atoms with van der Waals surface area (Å²) in [7, 11) is 1.58. The Hall–Kier alpha value is -1.89. The first kappa shape index (κ1) is 20.8. The van der Waals surface area contributed by atoms with Crippen molar-refractivity contribution in [2.45, 2.75) is 57.5 Å². The fourth-order valence-corrected chi connectivity index (χ4v) is 5.17. The Morgan fingerprint density at radius 1 is 1.18 bits per heavy atom. The zero-order valence-corrected chi connectivity index (χ0v) is 16.9. The van der Waals surface area contributed by atoms with Crippen molar-refractivity contribution in [3.05, 3.63) is 12.2 Å². The first-order valence-electron chi connectivity index (χ1n) is 10.6. The first-order chi connectivity index (χ1) is 13.5. The molecule has 3 amide bonds. The molecule has 0 spiro atoms.